The molecule has 3 aromatic rings. The number of hydrogen-bond donors (Lipinski definition) is 1. The molecule has 4 rings (SSSR count). The van der Waals surface area contributed by atoms with Gasteiger partial charge in [0.15, 0.2) is 11.6 Å². The van der Waals surface area contributed by atoms with Gasteiger partial charge in [-0.05, 0) is 43.3 Å². The molecule has 0 spiro atoms. The molecule has 0 bridgehead atoms. The molecule has 1 aliphatic carbocycles. The standard InChI is InChI=1S/C17H15N3O4S2/c1-10(21)12-3-2-4-13(9-12)26(22,23)20-14-7-8-25-15(14)17-18-16(19-24-17)11-5-6-11/h2-4,7-9,11,20H,5-6H2,1H3. The molecule has 7 nitrogen and oxygen atoms in total. The molecule has 134 valence electrons. The Morgan fingerprint density at radius 1 is 1.31 bits per heavy atom. The van der Waals surface area contributed by atoms with E-state index in [0.717, 1.165) is 12.8 Å². The smallest absolute Gasteiger partial charge is 0.270 e. The number of nitrogens with zero attached hydrogens (tertiary/aromatic N) is 2. The van der Waals surface area contributed by atoms with Crippen LogP contribution in [0.3, 0.4) is 0 Å². The first-order valence-electron chi connectivity index (χ1n) is 7.99. The minimum atomic E-state index is -3.85. The van der Waals surface area contributed by atoms with Gasteiger partial charge < -0.3 is 4.52 Å². The second kappa shape index (κ2) is 6.33. The fourth-order valence-corrected chi connectivity index (χ4v) is 4.43. The Bertz CT molecular complexity index is 1080. The molecule has 1 saturated carbocycles. The van der Waals surface area contributed by atoms with Gasteiger partial charge in [0, 0.05) is 11.5 Å². The lowest BCUT2D eigenvalue weighted by atomic mass is 10.2. The number of anilines is 1. The van der Waals surface area contributed by atoms with Crippen LogP contribution in [0.5, 0.6) is 0 Å². The van der Waals surface area contributed by atoms with Gasteiger partial charge in [-0.25, -0.2) is 8.42 Å². The second-order valence-corrected chi connectivity index (χ2v) is 8.68. The summed E-state index contributed by atoms with van der Waals surface area (Å²) in [4.78, 5) is 16.5. The summed E-state index contributed by atoms with van der Waals surface area (Å²) in [6, 6.07) is 7.57. The number of hydrogen-bond acceptors (Lipinski definition) is 7. The topological polar surface area (TPSA) is 102 Å². The molecule has 0 atom stereocenters. The van der Waals surface area contributed by atoms with Gasteiger partial charge in [0.2, 0.25) is 0 Å². The minimum Gasteiger partial charge on any atom is -0.333 e. The van der Waals surface area contributed by atoms with Crippen LogP contribution in [-0.2, 0) is 10.0 Å². The number of thiophene rings is 1. The summed E-state index contributed by atoms with van der Waals surface area (Å²) >= 11 is 1.31. The average molecular weight is 389 g/mol. The van der Waals surface area contributed by atoms with Gasteiger partial charge in [0.1, 0.15) is 4.88 Å². The monoisotopic (exact) mass is 389 g/mol. The van der Waals surface area contributed by atoms with E-state index in [-0.39, 0.29) is 10.7 Å². The first-order chi connectivity index (χ1) is 12.4. The van der Waals surface area contributed by atoms with Crippen molar-refractivity contribution in [2.75, 3.05) is 4.72 Å². The molecule has 1 aromatic carbocycles. The molecule has 0 radical (unpaired) electrons. The summed E-state index contributed by atoms with van der Waals surface area (Å²) in [5, 5.41) is 5.72. The van der Waals surface area contributed by atoms with E-state index in [4.69, 9.17) is 4.52 Å². The molecule has 1 aliphatic rings. The lowest BCUT2D eigenvalue weighted by Crippen LogP contribution is -2.13. The number of nitrogens with one attached hydrogen (secondary N) is 1. The highest BCUT2D eigenvalue weighted by Crippen LogP contribution is 2.40. The maximum absolute atomic E-state index is 12.7. The van der Waals surface area contributed by atoms with Crippen molar-refractivity contribution < 1.29 is 17.7 Å². The quantitative estimate of drug-likeness (QED) is 0.645. The Morgan fingerprint density at radius 3 is 2.85 bits per heavy atom. The molecule has 1 fully saturated rings. The second-order valence-electron chi connectivity index (χ2n) is 6.08. The molecule has 26 heavy (non-hydrogen) atoms. The number of Topliss-reactive ketones (excluding diaryl/α,β-unsaturated/α-hetero) is 1. The number of ketones is 1. The van der Waals surface area contributed by atoms with Gasteiger partial charge in [-0.3, -0.25) is 9.52 Å². The maximum Gasteiger partial charge on any atom is 0.270 e. The number of aromatic nitrogens is 2. The zero-order valence-electron chi connectivity index (χ0n) is 13.8. The van der Waals surface area contributed by atoms with Crippen LogP contribution >= 0.6 is 11.3 Å². The van der Waals surface area contributed by atoms with Crippen molar-refractivity contribution in [3.63, 3.8) is 0 Å². The third-order valence-corrected chi connectivity index (χ3v) is 6.30. The normalized spacial score (nSPS) is 14.3. The van der Waals surface area contributed by atoms with Crippen LogP contribution in [0, 0.1) is 0 Å². The van der Waals surface area contributed by atoms with E-state index in [1.165, 1.54) is 30.4 Å². The summed E-state index contributed by atoms with van der Waals surface area (Å²) in [5.74, 6) is 1.12. The van der Waals surface area contributed by atoms with Gasteiger partial charge in [0.05, 0.1) is 10.6 Å². The first-order valence-corrected chi connectivity index (χ1v) is 10.4. The van der Waals surface area contributed by atoms with Gasteiger partial charge in [-0.2, -0.15) is 4.98 Å². The van der Waals surface area contributed by atoms with Gasteiger partial charge >= 0.3 is 0 Å². The van der Waals surface area contributed by atoms with E-state index in [2.05, 4.69) is 14.9 Å². The van der Waals surface area contributed by atoms with Crippen LogP contribution in [0.1, 0.15) is 41.9 Å². The van der Waals surface area contributed by atoms with E-state index in [1.807, 2.05) is 0 Å². The fourth-order valence-electron chi connectivity index (χ4n) is 2.48. The molecule has 1 N–H and O–H groups in total. The van der Waals surface area contributed by atoms with Gasteiger partial charge in [0.25, 0.3) is 15.9 Å². The van der Waals surface area contributed by atoms with Crippen molar-refractivity contribution in [2.24, 2.45) is 0 Å². The molecule has 2 heterocycles. The van der Waals surface area contributed by atoms with Crippen LogP contribution in [0.4, 0.5) is 5.69 Å². The number of carbonyl (C=O) groups excluding carboxylic acids is 1. The van der Waals surface area contributed by atoms with Crippen molar-refractivity contribution in [1.29, 1.82) is 0 Å². The highest BCUT2D eigenvalue weighted by Gasteiger charge is 2.30. The van der Waals surface area contributed by atoms with Gasteiger partial charge in [-0.1, -0.05) is 17.3 Å². The molecule has 0 amide bonds. The maximum atomic E-state index is 12.7. The number of benzene rings is 1. The van der Waals surface area contributed by atoms with Crippen LogP contribution < -0.4 is 4.72 Å². The SMILES string of the molecule is CC(=O)c1cccc(S(=O)(=O)Nc2ccsc2-c2nc(C3CC3)no2)c1. The molecule has 0 aliphatic heterocycles. The van der Waals surface area contributed by atoms with E-state index >= 15 is 0 Å². The van der Waals surface area contributed by atoms with E-state index in [0.29, 0.717) is 33.8 Å². The lowest BCUT2D eigenvalue weighted by Gasteiger charge is -2.08. The summed E-state index contributed by atoms with van der Waals surface area (Å²) < 4.78 is 33.2. The Balaban J connectivity index is 1.64. The summed E-state index contributed by atoms with van der Waals surface area (Å²) in [7, 11) is -3.85. The van der Waals surface area contributed by atoms with Crippen LogP contribution in [0.2, 0.25) is 0 Å². The third-order valence-electron chi connectivity index (χ3n) is 4.04. The third kappa shape index (κ3) is 3.27. The molecular formula is C17H15N3O4S2. The predicted molar refractivity (Wildman–Crippen MR) is 96.8 cm³/mol. The van der Waals surface area contributed by atoms with Crippen molar-refractivity contribution in [1.82, 2.24) is 10.1 Å². The summed E-state index contributed by atoms with van der Waals surface area (Å²) in [6.45, 7) is 1.39. The van der Waals surface area contributed by atoms with E-state index in [1.54, 1.807) is 23.6 Å². The van der Waals surface area contributed by atoms with Crippen LogP contribution in [-0.4, -0.2) is 24.3 Å². The van der Waals surface area contributed by atoms with Crippen molar-refractivity contribution >= 4 is 32.8 Å². The minimum absolute atomic E-state index is 0.0200. The molecular weight excluding hydrogens is 374 g/mol. The zero-order chi connectivity index (χ0) is 18.3. The number of rotatable bonds is 6. The van der Waals surface area contributed by atoms with Crippen LogP contribution in [0.25, 0.3) is 10.8 Å². The van der Waals surface area contributed by atoms with Gasteiger partial charge in [-0.15, -0.1) is 11.3 Å². The van der Waals surface area contributed by atoms with E-state index in [9.17, 15) is 13.2 Å². The summed E-state index contributed by atoms with van der Waals surface area (Å²) in [6.07, 6.45) is 2.10. The predicted octanol–water partition coefficient (Wildman–Crippen LogP) is 3.68. The highest BCUT2D eigenvalue weighted by atomic mass is 32.2. The lowest BCUT2D eigenvalue weighted by molar-refractivity contribution is 0.101. The molecule has 9 heteroatoms. The van der Waals surface area contributed by atoms with Crippen molar-refractivity contribution in [3.05, 3.63) is 47.1 Å². The fraction of sp³-hybridized carbons (Fsp3) is 0.235. The van der Waals surface area contributed by atoms with Crippen LogP contribution in [0.15, 0.2) is 45.1 Å². The Morgan fingerprint density at radius 2 is 2.12 bits per heavy atom. The Hall–Kier alpha value is -2.52. The molecule has 0 saturated heterocycles. The van der Waals surface area contributed by atoms with E-state index < -0.39 is 10.0 Å². The largest absolute Gasteiger partial charge is 0.333 e. The zero-order valence-corrected chi connectivity index (χ0v) is 15.4. The Kier molecular flexibility index (Phi) is 4.12. The number of carbonyl (C=O) groups is 1. The Labute approximate surface area is 154 Å². The first kappa shape index (κ1) is 16.9. The van der Waals surface area contributed by atoms with Crippen molar-refractivity contribution in [2.45, 2.75) is 30.6 Å². The highest BCUT2D eigenvalue weighted by molar-refractivity contribution is 7.92. The number of sulfonamides is 1. The average Bonchev–Trinajstić information content (AvgIpc) is 3.17. The van der Waals surface area contributed by atoms with Crippen molar-refractivity contribution in [3.8, 4) is 10.8 Å². The molecule has 0 unspecified atom stereocenters. The summed E-state index contributed by atoms with van der Waals surface area (Å²) in [5.41, 5.74) is 0.707. The molecule has 2 aromatic heterocycles.